The lowest BCUT2D eigenvalue weighted by atomic mass is 10.1. The monoisotopic (exact) mass is 318 g/mol. The highest BCUT2D eigenvalue weighted by Gasteiger charge is 2.13. The SMILES string of the molecule is COc1cc(CNc2ccc([N+](=O)[O-])cc2)cc(OC)c1OC. The van der Waals surface area contributed by atoms with E-state index in [0.29, 0.717) is 23.8 Å². The Labute approximate surface area is 133 Å². The normalized spacial score (nSPS) is 10.0. The number of nitro benzene ring substituents is 1. The molecule has 0 heterocycles. The van der Waals surface area contributed by atoms with Crippen LogP contribution in [0.5, 0.6) is 17.2 Å². The van der Waals surface area contributed by atoms with Crippen LogP contribution in [0.25, 0.3) is 0 Å². The van der Waals surface area contributed by atoms with E-state index < -0.39 is 4.92 Å². The molecule has 0 amide bonds. The molecule has 2 rings (SSSR count). The summed E-state index contributed by atoms with van der Waals surface area (Å²) in [5, 5.41) is 13.8. The molecule has 0 fully saturated rings. The molecule has 0 bridgehead atoms. The van der Waals surface area contributed by atoms with Crippen molar-refractivity contribution in [3.63, 3.8) is 0 Å². The van der Waals surface area contributed by atoms with E-state index in [2.05, 4.69) is 5.32 Å². The van der Waals surface area contributed by atoms with Crippen LogP contribution in [0.1, 0.15) is 5.56 Å². The Balaban J connectivity index is 2.15. The first-order valence-corrected chi connectivity index (χ1v) is 6.86. The van der Waals surface area contributed by atoms with Crippen LogP contribution >= 0.6 is 0 Å². The van der Waals surface area contributed by atoms with Gasteiger partial charge in [-0.3, -0.25) is 10.1 Å². The van der Waals surface area contributed by atoms with Crippen LogP contribution < -0.4 is 19.5 Å². The van der Waals surface area contributed by atoms with Crippen molar-refractivity contribution in [1.29, 1.82) is 0 Å². The minimum Gasteiger partial charge on any atom is -0.493 e. The first-order chi connectivity index (χ1) is 11.1. The standard InChI is InChI=1S/C16H18N2O5/c1-21-14-8-11(9-15(22-2)16(14)23-3)10-17-12-4-6-13(7-5-12)18(19)20/h4-9,17H,10H2,1-3H3. The molecule has 0 spiro atoms. The largest absolute Gasteiger partial charge is 0.493 e. The van der Waals surface area contributed by atoms with Gasteiger partial charge in [-0.05, 0) is 29.8 Å². The van der Waals surface area contributed by atoms with Crippen LogP contribution in [0, 0.1) is 10.1 Å². The summed E-state index contributed by atoms with van der Waals surface area (Å²) in [5.74, 6) is 1.69. The van der Waals surface area contributed by atoms with Gasteiger partial charge in [-0.25, -0.2) is 0 Å². The smallest absolute Gasteiger partial charge is 0.269 e. The molecule has 7 nitrogen and oxygen atoms in total. The van der Waals surface area contributed by atoms with Gasteiger partial charge in [-0.15, -0.1) is 0 Å². The Kier molecular flexibility index (Phi) is 5.24. The summed E-state index contributed by atoms with van der Waals surface area (Å²) in [6.45, 7) is 0.508. The third-order valence-corrected chi connectivity index (χ3v) is 3.30. The minimum absolute atomic E-state index is 0.0586. The van der Waals surface area contributed by atoms with Gasteiger partial charge in [0.05, 0.1) is 26.3 Å². The molecule has 1 N–H and O–H groups in total. The number of nitro groups is 1. The Morgan fingerprint density at radius 1 is 1.00 bits per heavy atom. The van der Waals surface area contributed by atoms with Crippen LogP contribution in [0.15, 0.2) is 36.4 Å². The van der Waals surface area contributed by atoms with Crippen LogP contribution in [0.2, 0.25) is 0 Å². The molecule has 2 aromatic carbocycles. The van der Waals surface area contributed by atoms with Gasteiger partial charge in [0.15, 0.2) is 11.5 Å². The van der Waals surface area contributed by atoms with E-state index in [4.69, 9.17) is 14.2 Å². The zero-order valence-electron chi connectivity index (χ0n) is 13.2. The Bertz CT molecular complexity index is 660. The fraction of sp³-hybridized carbons (Fsp3) is 0.250. The highest BCUT2D eigenvalue weighted by Crippen LogP contribution is 2.38. The van der Waals surface area contributed by atoms with Gasteiger partial charge in [-0.1, -0.05) is 0 Å². The number of rotatable bonds is 7. The lowest BCUT2D eigenvalue weighted by molar-refractivity contribution is -0.384. The third-order valence-electron chi connectivity index (χ3n) is 3.30. The van der Waals surface area contributed by atoms with E-state index >= 15 is 0 Å². The number of nitrogens with zero attached hydrogens (tertiary/aromatic N) is 1. The van der Waals surface area contributed by atoms with E-state index in [1.807, 2.05) is 12.1 Å². The summed E-state index contributed by atoms with van der Waals surface area (Å²) >= 11 is 0. The van der Waals surface area contributed by atoms with Crippen LogP contribution in [-0.2, 0) is 6.54 Å². The summed E-state index contributed by atoms with van der Waals surface area (Å²) in [7, 11) is 4.67. The summed E-state index contributed by atoms with van der Waals surface area (Å²) in [6.07, 6.45) is 0. The van der Waals surface area contributed by atoms with Crippen molar-refractivity contribution >= 4 is 11.4 Å². The van der Waals surface area contributed by atoms with E-state index in [0.717, 1.165) is 11.3 Å². The highest BCUT2D eigenvalue weighted by molar-refractivity contribution is 5.55. The molecule has 0 aliphatic rings. The number of methoxy groups -OCH3 is 3. The predicted octanol–water partition coefficient (Wildman–Crippen LogP) is 3.23. The molecular weight excluding hydrogens is 300 g/mol. The van der Waals surface area contributed by atoms with Crippen LogP contribution in [-0.4, -0.2) is 26.3 Å². The first kappa shape index (κ1) is 16.4. The van der Waals surface area contributed by atoms with Gasteiger partial charge in [0, 0.05) is 24.4 Å². The van der Waals surface area contributed by atoms with E-state index in [-0.39, 0.29) is 5.69 Å². The zero-order valence-corrected chi connectivity index (χ0v) is 13.2. The van der Waals surface area contributed by atoms with E-state index in [1.54, 1.807) is 33.5 Å². The van der Waals surface area contributed by atoms with Gasteiger partial charge in [0.25, 0.3) is 5.69 Å². The van der Waals surface area contributed by atoms with Crippen LogP contribution in [0.3, 0.4) is 0 Å². The van der Waals surface area contributed by atoms with Crippen molar-refractivity contribution in [3.05, 3.63) is 52.1 Å². The lowest BCUT2D eigenvalue weighted by Gasteiger charge is -2.14. The Morgan fingerprint density at radius 3 is 2.00 bits per heavy atom. The van der Waals surface area contributed by atoms with Crippen molar-refractivity contribution in [3.8, 4) is 17.2 Å². The molecule has 23 heavy (non-hydrogen) atoms. The number of hydrogen-bond donors (Lipinski definition) is 1. The van der Waals surface area contributed by atoms with Crippen LogP contribution in [0.4, 0.5) is 11.4 Å². The maximum absolute atomic E-state index is 10.6. The number of non-ortho nitro benzene ring substituents is 1. The highest BCUT2D eigenvalue weighted by atomic mass is 16.6. The van der Waals surface area contributed by atoms with Gasteiger partial charge >= 0.3 is 0 Å². The summed E-state index contributed by atoms with van der Waals surface area (Å²) in [6, 6.07) is 9.93. The molecule has 0 radical (unpaired) electrons. The second-order valence-electron chi connectivity index (χ2n) is 4.69. The predicted molar refractivity (Wildman–Crippen MR) is 86.5 cm³/mol. The second-order valence-corrected chi connectivity index (χ2v) is 4.69. The third kappa shape index (κ3) is 3.82. The number of ether oxygens (including phenoxy) is 3. The molecule has 0 aliphatic carbocycles. The molecule has 0 aliphatic heterocycles. The quantitative estimate of drug-likeness (QED) is 0.623. The molecule has 7 heteroatoms. The summed E-state index contributed by atoms with van der Waals surface area (Å²) in [4.78, 5) is 10.2. The van der Waals surface area contributed by atoms with Crippen molar-refractivity contribution in [2.45, 2.75) is 6.54 Å². The average molecular weight is 318 g/mol. The molecular formula is C16H18N2O5. The van der Waals surface area contributed by atoms with E-state index in [1.165, 1.54) is 12.1 Å². The fourth-order valence-corrected chi connectivity index (χ4v) is 2.14. The molecule has 2 aromatic rings. The molecule has 0 unspecified atom stereocenters. The van der Waals surface area contributed by atoms with Crippen molar-refractivity contribution in [1.82, 2.24) is 0 Å². The average Bonchev–Trinajstić information content (AvgIpc) is 2.59. The molecule has 122 valence electrons. The van der Waals surface area contributed by atoms with Gasteiger partial charge in [0.1, 0.15) is 0 Å². The maximum Gasteiger partial charge on any atom is 0.269 e. The Hall–Kier alpha value is -2.96. The van der Waals surface area contributed by atoms with E-state index in [9.17, 15) is 10.1 Å². The molecule has 0 saturated carbocycles. The van der Waals surface area contributed by atoms with Gasteiger partial charge < -0.3 is 19.5 Å². The second kappa shape index (κ2) is 7.35. The van der Waals surface area contributed by atoms with Gasteiger partial charge in [-0.2, -0.15) is 0 Å². The lowest BCUT2D eigenvalue weighted by Crippen LogP contribution is -2.02. The molecule has 0 aromatic heterocycles. The zero-order chi connectivity index (χ0) is 16.8. The number of nitrogens with one attached hydrogen (secondary N) is 1. The van der Waals surface area contributed by atoms with Crippen molar-refractivity contribution in [2.24, 2.45) is 0 Å². The van der Waals surface area contributed by atoms with Crippen molar-refractivity contribution < 1.29 is 19.1 Å². The summed E-state index contributed by atoms with van der Waals surface area (Å²) < 4.78 is 15.9. The summed E-state index contributed by atoms with van der Waals surface area (Å²) in [5.41, 5.74) is 1.77. The fourth-order valence-electron chi connectivity index (χ4n) is 2.14. The van der Waals surface area contributed by atoms with Gasteiger partial charge in [0.2, 0.25) is 5.75 Å². The Morgan fingerprint density at radius 2 is 1.57 bits per heavy atom. The number of hydrogen-bond acceptors (Lipinski definition) is 6. The van der Waals surface area contributed by atoms with Crippen molar-refractivity contribution in [2.75, 3.05) is 26.6 Å². The minimum atomic E-state index is -0.428. The molecule has 0 atom stereocenters. The topological polar surface area (TPSA) is 82.9 Å². The maximum atomic E-state index is 10.6. The number of anilines is 1. The molecule has 0 saturated heterocycles. The first-order valence-electron chi connectivity index (χ1n) is 6.86. The number of benzene rings is 2.